The molecule has 0 saturated carbocycles. The molecule has 0 bridgehead atoms. The fourth-order valence-corrected chi connectivity index (χ4v) is 2.87. The number of rotatable bonds is 5. The Hall–Kier alpha value is -1.36. The third-order valence-corrected chi connectivity index (χ3v) is 4.02. The Labute approximate surface area is 121 Å². The second kappa shape index (κ2) is 6.88. The first-order valence-corrected chi connectivity index (χ1v) is 7.79. The molecule has 0 aliphatic carbocycles. The Morgan fingerprint density at radius 2 is 2.30 bits per heavy atom. The van der Waals surface area contributed by atoms with Gasteiger partial charge in [-0.05, 0) is 45.7 Å². The lowest BCUT2D eigenvalue weighted by molar-refractivity contribution is 0.0649. The van der Waals surface area contributed by atoms with Gasteiger partial charge in [-0.15, -0.1) is 0 Å². The van der Waals surface area contributed by atoms with Crippen molar-refractivity contribution in [1.29, 1.82) is 0 Å². The van der Waals surface area contributed by atoms with E-state index in [4.69, 9.17) is 0 Å². The van der Waals surface area contributed by atoms with Gasteiger partial charge in [0.1, 0.15) is 5.69 Å². The number of nitrogens with zero attached hydrogens (tertiary/aromatic N) is 3. The van der Waals surface area contributed by atoms with Crippen LogP contribution in [0.25, 0.3) is 0 Å². The van der Waals surface area contributed by atoms with Gasteiger partial charge in [0.2, 0.25) is 0 Å². The maximum absolute atomic E-state index is 12.8. The van der Waals surface area contributed by atoms with Crippen molar-refractivity contribution < 1.29 is 4.79 Å². The van der Waals surface area contributed by atoms with Gasteiger partial charge in [0.05, 0.1) is 5.69 Å². The zero-order valence-electron chi connectivity index (χ0n) is 12.9. The van der Waals surface area contributed by atoms with E-state index in [9.17, 15) is 4.79 Å². The van der Waals surface area contributed by atoms with Crippen LogP contribution < -0.4 is 5.32 Å². The molecular weight excluding hydrogens is 252 g/mol. The van der Waals surface area contributed by atoms with Gasteiger partial charge >= 0.3 is 0 Å². The molecule has 1 atom stereocenters. The summed E-state index contributed by atoms with van der Waals surface area (Å²) in [5.74, 6) is 0.121. The van der Waals surface area contributed by atoms with Crippen LogP contribution >= 0.6 is 0 Å². The Kier molecular flexibility index (Phi) is 5.17. The van der Waals surface area contributed by atoms with E-state index in [-0.39, 0.29) is 5.91 Å². The van der Waals surface area contributed by atoms with Crippen molar-refractivity contribution in [2.75, 3.05) is 19.6 Å². The number of amides is 1. The normalized spacial score (nSPS) is 19.1. The van der Waals surface area contributed by atoms with E-state index >= 15 is 0 Å². The summed E-state index contributed by atoms with van der Waals surface area (Å²) >= 11 is 0. The number of hydrogen-bond donors (Lipinski definition) is 1. The first-order chi connectivity index (χ1) is 9.71. The molecule has 0 aromatic carbocycles. The molecule has 1 aromatic heterocycles. The van der Waals surface area contributed by atoms with E-state index in [2.05, 4.69) is 24.3 Å². The number of hydrogen-bond acceptors (Lipinski definition) is 3. The molecule has 0 spiro atoms. The first-order valence-electron chi connectivity index (χ1n) is 7.79. The second-order valence-corrected chi connectivity index (χ2v) is 5.28. The minimum Gasteiger partial charge on any atom is -0.333 e. The molecule has 2 rings (SSSR count). The third-order valence-electron chi connectivity index (χ3n) is 4.02. The molecule has 1 amide bonds. The Bertz CT molecular complexity index is 449. The number of piperidine rings is 1. The van der Waals surface area contributed by atoms with E-state index < -0.39 is 0 Å². The Morgan fingerprint density at radius 1 is 1.50 bits per heavy atom. The van der Waals surface area contributed by atoms with Gasteiger partial charge in [-0.3, -0.25) is 9.48 Å². The van der Waals surface area contributed by atoms with Crippen LogP contribution in [0.1, 0.15) is 49.8 Å². The molecule has 20 heavy (non-hydrogen) atoms. The summed E-state index contributed by atoms with van der Waals surface area (Å²) in [6, 6.07) is 2.26. The van der Waals surface area contributed by atoms with Crippen LogP contribution in [0, 0.1) is 0 Å². The molecule has 1 saturated heterocycles. The minimum atomic E-state index is 0.121. The maximum atomic E-state index is 12.8. The summed E-state index contributed by atoms with van der Waals surface area (Å²) in [5, 5.41) is 7.87. The molecule has 0 radical (unpaired) electrons. The molecule has 1 N–H and O–H groups in total. The zero-order chi connectivity index (χ0) is 14.5. The van der Waals surface area contributed by atoms with Crippen molar-refractivity contribution in [3.05, 3.63) is 17.5 Å². The van der Waals surface area contributed by atoms with Gasteiger partial charge in [0.25, 0.3) is 5.91 Å². The quantitative estimate of drug-likeness (QED) is 0.891. The van der Waals surface area contributed by atoms with Crippen LogP contribution in [0.2, 0.25) is 0 Å². The highest BCUT2D eigenvalue weighted by atomic mass is 16.2. The summed E-state index contributed by atoms with van der Waals surface area (Å²) < 4.78 is 1.83. The Morgan fingerprint density at radius 3 is 2.85 bits per heavy atom. The summed E-state index contributed by atoms with van der Waals surface area (Å²) in [6.45, 7) is 9.61. The largest absolute Gasteiger partial charge is 0.333 e. The molecule has 2 heterocycles. The maximum Gasteiger partial charge on any atom is 0.272 e. The minimum absolute atomic E-state index is 0.121. The number of likely N-dealkylation sites (N-methyl/N-ethyl adjacent to an activating group) is 1. The van der Waals surface area contributed by atoms with Crippen LogP contribution in [0.15, 0.2) is 6.07 Å². The highest BCUT2D eigenvalue weighted by Crippen LogP contribution is 2.15. The fourth-order valence-electron chi connectivity index (χ4n) is 2.87. The van der Waals surface area contributed by atoms with E-state index in [1.807, 2.05) is 22.6 Å². The third kappa shape index (κ3) is 3.03. The molecule has 1 fully saturated rings. The smallest absolute Gasteiger partial charge is 0.272 e. The standard InChI is InChI=1S/C15H26N4O/c1-4-12-10-14(19(6-3)17-12)15(20)18(5-2)13-8-7-9-16-11-13/h10,13,16H,4-9,11H2,1-3H3. The van der Waals surface area contributed by atoms with Crippen molar-refractivity contribution >= 4 is 5.91 Å². The number of carbonyl (C=O) groups excluding carboxylic acids is 1. The molecule has 1 aliphatic heterocycles. The lowest BCUT2D eigenvalue weighted by Crippen LogP contribution is -2.49. The van der Waals surface area contributed by atoms with Crippen LogP contribution in [0.4, 0.5) is 0 Å². The van der Waals surface area contributed by atoms with Crippen LogP contribution in [-0.4, -0.2) is 46.3 Å². The van der Waals surface area contributed by atoms with Crippen LogP contribution in [0.5, 0.6) is 0 Å². The van der Waals surface area contributed by atoms with Crippen molar-refractivity contribution in [2.45, 2.75) is 52.6 Å². The highest BCUT2D eigenvalue weighted by Gasteiger charge is 2.27. The predicted molar refractivity (Wildman–Crippen MR) is 79.9 cm³/mol. The van der Waals surface area contributed by atoms with E-state index in [1.54, 1.807) is 0 Å². The van der Waals surface area contributed by atoms with Crippen LogP contribution in [-0.2, 0) is 13.0 Å². The number of aryl methyl sites for hydroxylation is 2. The number of aromatic nitrogens is 2. The molecule has 112 valence electrons. The van der Waals surface area contributed by atoms with E-state index in [0.29, 0.717) is 6.04 Å². The van der Waals surface area contributed by atoms with Crippen molar-refractivity contribution in [3.8, 4) is 0 Å². The predicted octanol–water partition coefficient (Wildman–Crippen LogP) is 1.68. The molecule has 5 heteroatoms. The molecule has 1 unspecified atom stereocenters. The van der Waals surface area contributed by atoms with Crippen LogP contribution in [0.3, 0.4) is 0 Å². The van der Waals surface area contributed by atoms with E-state index in [1.165, 1.54) is 0 Å². The highest BCUT2D eigenvalue weighted by molar-refractivity contribution is 5.93. The SMILES string of the molecule is CCc1cc(C(=O)N(CC)C2CCCNC2)n(CC)n1. The van der Waals surface area contributed by atoms with Gasteiger partial charge in [-0.1, -0.05) is 6.92 Å². The second-order valence-electron chi connectivity index (χ2n) is 5.28. The Balaban J connectivity index is 2.20. The topological polar surface area (TPSA) is 50.2 Å². The summed E-state index contributed by atoms with van der Waals surface area (Å²) in [4.78, 5) is 14.8. The molecule has 1 aromatic rings. The average Bonchev–Trinajstić information content (AvgIpc) is 2.92. The van der Waals surface area contributed by atoms with Gasteiger partial charge in [0, 0.05) is 25.7 Å². The van der Waals surface area contributed by atoms with Gasteiger partial charge in [-0.2, -0.15) is 5.10 Å². The number of carbonyl (C=O) groups is 1. The summed E-state index contributed by atoms with van der Waals surface area (Å²) in [6.07, 6.45) is 3.10. The monoisotopic (exact) mass is 278 g/mol. The molecular formula is C15H26N4O. The molecule has 1 aliphatic rings. The van der Waals surface area contributed by atoms with Gasteiger partial charge < -0.3 is 10.2 Å². The zero-order valence-corrected chi connectivity index (χ0v) is 12.9. The van der Waals surface area contributed by atoms with Crippen molar-refractivity contribution in [2.24, 2.45) is 0 Å². The van der Waals surface area contributed by atoms with Gasteiger partial charge in [0.15, 0.2) is 0 Å². The molecule has 5 nitrogen and oxygen atoms in total. The first kappa shape index (κ1) is 15.0. The van der Waals surface area contributed by atoms with Crippen molar-refractivity contribution in [3.63, 3.8) is 0 Å². The number of nitrogens with one attached hydrogen (secondary N) is 1. The summed E-state index contributed by atoms with van der Waals surface area (Å²) in [7, 11) is 0. The van der Waals surface area contributed by atoms with E-state index in [0.717, 1.165) is 56.8 Å². The van der Waals surface area contributed by atoms with Crippen molar-refractivity contribution in [1.82, 2.24) is 20.0 Å². The lowest BCUT2D eigenvalue weighted by Gasteiger charge is -2.34. The van der Waals surface area contributed by atoms with Gasteiger partial charge in [-0.25, -0.2) is 0 Å². The fraction of sp³-hybridized carbons (Fsp3) is 0.733. The summed E-state index contributed by atoms with van der Waals surface area (Å²) in [5.41, 5.74) is 1.73. The lowest BCUT2D eigenvalue weighted by atomic mass is 10.1. The average molecular weight is 278 g/mol.